The number of rotatable bonds is 4. The van der Waals surface area contributed by atoms with Gasteiger partial charge in [-0.05, 0) is 31.3 Å². The van der Waals surface area contributed by atoms with E-state index >= 15 is 0 Å². The summed E-state index contributed by atoms with van der Waals surface area (Å²) in [5.41, 5.74) is 6.04. The summed E-state index contributed by atoms with van der Waals surface area (Å²) in [6.07, 6.45) is 9.44. The summed E-state index contributed by atoms with van der Waals surface area (Å²) in [6, 6.07) is -0.295. The van der Waals surface area contributed by atoms with Crippen molar-refractivity contribution in [1.29, 1.82) is 0 Å². The highest BCUT2D eigenvalue weighted by atomic mass is 35.5. The van der Waals surface area contributed by atoms with Crippen LogP contribution in [0.25, 0.3) is 0 Å². The van der Waals surface area contributed by atoms with Crippen LogP contribution in [0.15, 0.2) is 0 Å². The van der Waals surface area contributed by atoms with Crippen LogP contribution < -0.4 is 5.73 Å². The second-order valence-electron chi connectivity index (χ2n) is 5.74. The van der Waals surface area contributed by atoms with Crippen LogP contribution in [0.1, 0.15) is 38.5 Å². The Morgan fingerprint density at radius 3 is 2.75 bits per heavy atom. The van der Waals surface area contributed by atoms with Crippen molar-refractivity contribution in [1.82, 2.24) is 4.90 Å². The largest absolute Gasteiger partial charge is 0.339 e. The number of hydrogen-bond acceptors (Lipinski definition) is 4. The van der Waals surface area contributed by atoms with Crippen molar-refractivity contribution in [3.05, 3.63) is 0 Å². The molecule has 2 rings (SSSR count). The highest BCUT2D eigenvalue weighted by Gasteiger charge is 2.39. The van der Waals surface area contributed by atoms with Gasteiger partial charge >= 0.3 is 0 Å². The number of halogens is 1. The molecule has 1 spiro atoms. The number of amides is 1. The molecule has 2 fully saturated rings. The Hall–Kier alpha value is 0.420. The van der Waals surface area contributed by atoms with E-state index in [2.05, 4.69) is 18.0 Å². The first-order chi connectivity index (χ1) is 9.17. The Labute approximate surface area is 137 Å². The van der Waals surface area contributed by atoms with E-state index in [1.165, 1.54) is 32.1 Å². The van der Waals surface area contributed by atoms with Crippen molar-refractivity contribution in [3.8, 4) is 0 Å². The number of nitrogens with two attached hydrogens (primary N) is 1. The van der Waals surface area contributed by atoms with E-state index in [1.807, 2.05) is 4.90 Å². The molecular weight excluding hydrogens is 312 g/mol. The van der Waals surface area contributed by atoms with E-state index in [-0.39, 0.29) is 24.4 Å². The highest BCUT2D eigenvalue weighted by molar-refractivity contribution is 8.00. The summed E-state index contributed by atoms with van der Waals surface area (Å²) in [4.78, 5) is 14.5. The summed E-state index contributed by atoms with van der Waals surface area (Å²) >= 11 is 3.86. The number of nitrogens with zero attached hydrogens (tertiary/aromatic N) is 1. The second-order valence-corrected chi connectivity index (χ2v) is 8.29. The highest BCUT2D eigenvalue weighted by Crippen LogP contribution is 2.42. The summed E-state index contributed by atoms with van der Waals surface area (Å²) in [7, 11) is 0. The Balaban J connectivity index is 0.00000200. The van der Waals surface area contributed by atoms with Crippen LogP contribution in [0.4, 0.5) is 0 Å². The first kappa shape index (κ1) is 18.5. The Bertz CT molecular complexity index is 306. The zero-order valence-electron chi connectivity index (χ0n) is 12.3. The van der Waals surface area contributed by atoms with Gasteiger partial charge < -0.3 is 10.6 Å². The molecule has 3 nitrogen and oxygen atoms in total. The third-order valence-corrected chi connectivity index (χ3v) is 6.46. The van der Waals surface area contributed by atoms with Gasteiger partial charge in [-0.1, -0.05) is 19.3 Å². The maximum Gasteiger partial charge on any atom is 0.239 e. The fraction of sp³-hybridized carbons (Fsp3) is 0.929. The van der Waals surface area contributed by atoms with Gasteiger partial charge in [0.1, 0.15) is 0 Å². The summed E-state index contributed by atoms with van der Waals surface area (Å²) in [5.74, 6) is 2.24. The molecule has 0 aromatic rings. The fourth-order valence-electron chi connectivity index (χ4n) is 3.13. The van der Waals surface area contributed by atoms with Gasteiger partial charge in [0.15, 0.2) is 0 Å². The van der Waals surface area contributed by atoms with Gasteiger partial charge in [0.2, 0.25) is 5.91 Å². The Morgan fingerprint density at radius 1 is 1.40 bits per heavy atom. The first-order valence-corrected chi connectivity index (χ1v) is 9.72. The maximum atomic E-state index is 12.4. The third-order valence-electron chi connectivity index (χ3n) is 4.28. The lowest BCUT2D eigenvalue weighted by Gasteiger charge is -2.45. The molecule has 20 heavy (non-hydrogen) atoms. The number of thioether (sulfide) groups is 2. The quantitative estimate of drug-likeness (QED) is 0.856. The zero-order chi connectivity index (χ0) is 13.7. The van der Waals surface area contributed by atoms with Gasteiger partial charge in [0.25, 0.3) is 0 Å². The lowest BCUT2D eigenvalue weighted by Crippen LogP contribution is -2.54. The average molecular weight is 339 g/mol. The minimum Gasteiger partial charge on any atom is -0.339 e. The Kier molecular flexibility index (Phi) is 8.09. The topological polar surface area (TPSA) is 46.3 Å². The van der Waals surface area contributed by atoms with Crippen molar-refractivity contribution in [2.24, 2.45) is 5.73 Å². The lowest BCUT2D eigenvalue weighted by molar-refractivity contribution is -0.133. The number of hydrogen-bond donors (Lipinski definition) is 1. The summed E-state index contributed by atoms with van der Waals surface area (Å²) in [6.45, 7) is 1.82. The minimum absolute atomic E-state index is 0. The lowest BCUT2D eigenvalue weighted by atomic mass is 9.87. The van der Waals surface area contributed by atoms with Crippen molar-refractivity contribution in [2.45, 2.75) is 49.3 Å². The molecule has 0 radical (unpaired) electrons. The first-order valence-electron chi connectivity index (χ1n) is 7.34. The van der Waals surface area contributed by atoms with Crippen LogP contribution in [0.2, 0.25) is 0 Å². The van der Waals surface area contributed by atoms with E-state index in [9.17, 15) is 4.79 Å². The molecule has 1 amide bonds. The van der Waals surface area contributed by atoms with Crippen molar-refractivity contribution in [3.63, 3.8) is 0 Å². The van der Waals surface area contributed by atoms with Crippen molar-refractivity contribution < 1.29 is 4.79 Å². The molecule has 0 bridgehead atoms. The van der Waals surface area contributed by atoms with E-state index < -0.39 is 0 Å². The predicted molar refractivity (Wildman–Crippen MR) is 93.1 cm³/mol. The summed E-state index contributed by atoms with van der Waals surface area (Å²) in [5, 5.41) is 0. The van der Waals surface area contributed by atoms with Gasteiger partial charge in [-0.25, -0.2) is 0 Å². The molecule has 2 aliphatic rings. The van der Waals surface area contributed by atoms with Crippen molar-refractivity contribution >= 4 is 41.8 Å². The minimum atomic E-state index is -0.295. The van der Waals surface area contributed by atoms with Crippen LogP contribution in [0, 0.1) is 0 Å². The van der Waals surface area contributed by atoms with Crippen LogP contribution >= 0.6 is 35.9 Å². The molecular formula is C14H27ClN2OS2. The molecule has 0 aromatic carbocycles. The second kappa shape index (κ2) is 8.76. The summed E-state index contributed by atoms with van der Waals surface area (Å²) < 4.78 is 0.353. The maximum absolute atomic E-state index is 12.4. The predicted octanol–water partition coefficient (Wildman–Crippen LogP) is 2.77. The molecule has 1 atom stereocenters. The van der Waals surface area contributed by atoms with Crippen LogP contribution in [0.3, 0.4) is 0 Å². The third kappa shape index (κ3) is 4.72. The standard InChI is InChI=1S/C14H26N2OS2.ClH/c1-18-9-5-12(15)13(17)16-8-10-19-14(11-16)6-3-2-4-7-14;/h12H,2-11,15H2,1H3;1H/t12-;/m0./s1. The molecule has 6 heteroatoms. The normalized spacial score (nSPS) is 23.2. The molecule has 1 aliphatic heterocycles. The van der Waals surface area contributed by atoms with Gasteiger partial charge in [-0.3, -0.25) is 4.79 Å². The average Bonchev–Trinajstić information content (AvgIpc) is 2.45. The molecule has 0 aromatic heterocycles. The zero-order valence-corrected chi connectivity index (χ0v) is 14.8. The van der Waals surface area contributed by atoms with E-state index in [4.69, 9.17) is 5.73 Å². The molecule has 1 saturated heterocycles. The van der Waals surface area contributed by atoms with Gasteiger partial charge in [0.05, 0.1) is 6.04 Å². The molecule has 1 heterocycles. The van der Waals surface area contributed by atoms with E-state index in [0.717, 1.165) is 31.0 Å². The van der Waals surface area contributed by atoms with Gasteiger partial charge in [-0.2, -0.15) is 23.5 Å². The van der Waals surface area contributed by atoms with Crippen LogP contribution in [-0.4, -0.2) is 52.4 Å². The van der Waals surface area contributed by atoms with Gasteiger partial charge in [0, 0.05) is 23.6 Å². The molecule has 1 saturated carbocycles. The SMILES string of the molecule is CSCC[C@H](N)C(=O)N1CCSC2(CCCCC2)C1.Cl. The fourth-order valence-corrected chi connectivity index (χ4v) is 5.19. The molecule has 118 valence electrons. The monoisotopic (exact) mass is 338 g/mol. The van der Waals surface area contributed by atoms with E-state index in [1.54, 1.807) is 11.8 Å². The number of carbonyl (C=O) groups is 1. The van der Waals surface area contributed by atoms with Gasteiger partial charge in [-0.15, -0.1) is 12.4 Å². The molecule has 1 aliphatic carbocycles. The van der Waals surface area contributed by atoms with Crippen molar-refractivity contribution in [2.75, 3.05) is 30.9 Å². The van der Waals surface area contributed by atoms with Crippen LogP contribution in [-0.2, 0) is 4.79 Å². The van der Waals surface area contributed by atoms with Crippen LogP contribution in [0.5, 0.6) is 0 Å². The molecule has 0 unspecified atom stereocenters. The number of carbonyl (C=O) groups excluding carboxylic acids is 1. The smallest absolute Gasteiger partial charge is 0.239 e. The van der Waals surface area contributed by atoms with E-state index in [0.29, 0.717) is 4.75 Å². The Morgan fingerprint density at radius 2 is 2.10 bits per heavy atom. The molecule has 2 N–H and O–H groups in total.